The van der Waals surface area contributed by atoms with Gasteiger partial charge in [-0.3, -0.25) is 4.79 Å². The topological polar surface area (TPSA) is 72.3 Å². The molecular formula is C19H25N5O2. The van der Waals surface area contributed by atoms with Crippen molar-refractivity contribution in [3.63, 3.8) is 0 Å². The second-order valence-corrected chi connectivity index (χ2v) is 7.20. The van der Waals surface area contributed by atoms with Gasteiger partial charge in [-0.25, -0.2) is 4.68 Å². The quantitative estimate of drug-likeness (QED) is 0.850. The van der Waals surface area contributed by atoms with Gasteiger partial charge in [-0.15, -0.1) is 5.10 Å². The van der Waals surface area contributed by atoms with Crippen molar-refractivity contribution in [2.24, 2.45) is 0 Å². The molecule has 26 heavy (non-hydrogen) atoms. The van der Waals surface area contributed by atoms with E-state index in [0.29, 0.717) is 6.54 Å². The van der Waals surface area contributed by atoms with E-state index in [1.807, 2.05) is 13.1 Å². The second kappa shape index (κ2) is 7.07. The molecule has 2 aliphatic heterocycles. The molecule has 1 aromatic carbocycles. The Balaban J connectivity index is 1.26. The zero-order valence-electron chi connectivity index (χ0n) is 15.1. The van der Waals surface area contributed by atoms with Crippen LogP contribution in [0.4, 0.5) is 5.69 Å². The van der Waals surface area contributed by atoms with Crippen LogP contribution in [0.2, 0.25) is 0 Å². The highest BCUT2D eigenvalue weighted by atomic mass is 16.5. The summed E-state index contributed by atoms with van der Waals surface area (Å²) in [6, 6.07) is 8.46. The molecule has 0 radical (unpaired) electrons. The van der Waals surface area contributed by atoms with Gasteiger partial charge in [-0.05, 0) is 37.8 Å². The minimum Gasteiger partial charge on any atom is -0.369 e. The molecule has 2 aliphatic rings. The van der Waals surface area contributed by atoms with Gasteiger partial charge < -0.3 is 15.0 Å². The van der Waals surface area contributed by atoms with Crippen molar-refractivity contribution in [2.75, 3.05) is 31.1 Å². The lowest BCUT2D eigenvalue weighted by Crippen LogP contribution is -2.35. The highest BCUT2D eigenvalue weighted by Crippen LogP contribution is 2.33. The molecule has 1 fully saturated rings. The molecule has 2 aromatic rings. The van der Waals surface area contributed by atoms with Crippen molar-refractivity contribution in [2.45, 2.75) is 38.3 Å². The first-order valence-corrected chi connectivity index (χ1v) is 9.28. The number of hydrogen-bond acceptors (Lipinski definition) is 5. The van der Waals surface area contributed by atoms with E-state index in [2.05, 4.69) is 44.8 Å². The van der Waals surface area contributed by atoms with Gasteiger partial charge in [-0.2, -0.15) is 0 Å². The summed E-state index contributed by atoms with van der Waals surface area (Å²) in [6.45, 7) is 5.42. The van der Waals surface area contributed by atoms with E-state index in [0.717, 1.165) is 44.7 Å². The first kappa shape index (κ1) is 17.0. The lowest BCUT2D eigenvalue weighted by molar-refractivity contribution is -0.121. The Labute approximate surface area is 153 Å². The van der Waals surface area contributed by atoms with Crippen LogP contribution in [0.1, 0.15) is 31.0 Å². The van der Waals surface area contributed by atoms with Crippen LogP contribution in [0, 0.1) is 0 Å². The zero-order chi connectivity index (χ0) is 18.0. The summed E-state index contributed by atoms with van der Waals surface area (Å²) < 4.78 is 7.36. The van der Waals surface area contributed by atoms with E-state index in [1.54, 1.807) is 4.68 Å². The van der Waals surface area contributed by atoms with E-state index < -0.39 is 0 Å². The largest absolute Gasteiger partial charge is 0.369 e. The van der Waals surface area contributed by atoms with Crippen LogP contribution in [0.15, 0.2) is 30.5 Å². The summed E-state index contributed by atoms with van der Waals surface area (Å²) >= 11 is 0. The SMILES string of the molecule is CC1(c2cn(CC(=O)NCCN3CCc4ccccc43)nn2)CCCO1. The van der Waals surface area contributed by atoms with Gasteiger partial charge in [0.1, 0.15) is 17.8 Å². The molecule has 0 bridgehead atoms. The van der Waals surface area contributed by atoms with Crippen LogP contribution in [0.25, 0.3) is 0 Å². The van der Waals surface area contributed by atoms with E-state index in [1.165, 1.54) is 11.3 Å². The summed E-state index contributed by atoms with van der Waals surface area (Å²) in [6.07, 6.45) is 4.87. The van der Waals surface area contributed by atoms with Gasteiger partial charge in [0.25, 0.3) is 0 Å². The Hall–Kier alpha value is -2.41. The third kappa shape index (κ3) is 3.44. The summed E-state index contributed by atoms with van der Waals surface area (Å²) in [5.74, 6) is -0.0496. The summed E-state index contributed by atoms with van der Waals surface area (Å²) in [5, 5.41) is 11.2. The van der Waals surface area contributed by atoms with Gasteiger partial charge in [0.2, 0.25) is 5.91 Å². The van der Waals surface area contributed by atoms with Gasteiger partial charge in [0.15, 0.2) is 0 Å². The van der Waals surface area contributed by atoms with Crippen molar-refractivity contribution in [3.05, 3.63) is 41.7 Å². The monoisotopic (exact) mass is 355 g/mol. The van der Waals surface area contributed by atoms with Crippen molar-refractivity contribution in [1.82, 2.24) is 20.3 Å². The number of aromatic nitrogens is 3. The Bertz CT molecular complexity index is 782. The highest BCUT2D eigenvalue weighted by Gasteiger charge is 2.34. The smallest absolute Gasteiger partial charge is 0.241 e. The average molecular weight is 355 g/mol. The van der Waals surface area contributed by atoms with Crippen molar-refractivity contribution in [1.29, 1.82) is 0 Å². The maximum atomic E-state index is 12.2. The van der Waals surface area contributed by atoms with Gasteiger partial charge in [0.05, 0.1) is 6.20 Å². The maximum absolute atomic E-state index is 12.2. The zero-order valence-corrected chi connectivity index (χ0v) is 15.1. The summed E-state index contributed by atoms with van der Waals surface area (Å²) in [4.78, 5) is 14.5. The third-order valence-corrected chi connectivity index (χ3v) is 5.29. The number of nitrogens with one attached hydrogen (secondary N) is 1. The Morgan fingerprint density at radius 2 is 2.27 bits per heavy atom. The van der Waals surface area contributed by atoms with Crippen LogP contribution < -0.4 is 10.2 Å². The lowest BCUT2D eigenvalue weighted by atomic mass is 10.00. The van der Waals surface area contributed by atoms with Crippen molar-refractivity contribution < 1.29 is 9.53 Å². The molecule has 0 saturated carbocycles. The number of nitrogens with zero attached hydrogens (tertiary/aromatic N) is 4. The molecule has 0 spiro atoms. The minimum atomic E-state index is -0.363. The first-order chi connectivity index (χ1) is 12.6. The number of carbonyl (C=O) groups is 1. The molecule has 1 unspecified atom stereocenters. The number of amides is 1. The van der Waals surface area contributed by atoms with Crippen LogP contribution in [0.3, 0.4) is 0 Å². The van der Waals surface area contributed by atoms with E-state index >= 15 is 0 Å². The molecule has 138 valence electrons. The average Bonchev–Trinajstić information content (AvgIpc) is 3.36. The van der Waals surface area contributed by atoms with Crippen molar-refractivity contribution >= 4 is 11.6 Å². The number of anilines is 1. The van der Waals surface area contributed by atoms with Gasteiger partial charge in [-0.1, -0.05) is 23.4 Å². The number of ether oxygens (including phenoxy) is 1. The fourth-order valence-corrected chi connectivity index (χ4v) is 3.77. The molecule has 0 aliphatic carbocycles. The van der Waals surface area contributed by atoms with Gasteiger partial charge in [0, 0.05) is 31.9 Å². The molecule has 7 nitrogen and oxygen atoms in total. The molecule has 3 heterocycles. The fraction of sp³-hybridized carbons (Fsp3) is 0.526. The van der Waals surface area contributed by atoms with Crippen LogP contribution in [0.5, 0.6) is 0 Å². The van der Waals surface area contributed by atoms with Crippen LogP contribution >= 0.6 is 0 Å². The molecular weight excluding hydrogens is 330 g/mol. The van der Waals surface area contributed by atoms with Crippen LogP contribution in [-0.2, 0) is 28.1 Å². The fourth-order valence-electron chi connectivity index (χ4n) is 3.77. The normalized spacial score (nSPS) is 21.8. The third-order valence-electron chi connectivity index (χ3n) is 5.29. The first-order valence-electron chi connectivity index (χ1n) is 9.28. The Morgan fingerprint density at radius 3 is 3.12 bits per heavy atom. The van der Waals surface area contributed by atoms with Crippen LogP contribution in [-0.4, -0.2) is 47.1 Å². The predicted molar refractivity (Wildman–Crippen MR) is 97.9 cm³/mol. The number of hydrogen-bond donors (Lipinski definition) is 1. The number of rotatable bonds is 6. The highest BCUT2D eigenvalue weighted by molar-refractivity contribution is 5.75. The van der Waals surface area contributed by atoms with E-state index in [-0.39, 0.29) is 18.1 Å². The standard InChI is InChI=1S/C19H25N5O2/c1-19(8-4-12-26-19)17-13-24(22-21-17)14-18(25)20-9-11-23-10-7-15-5-2-3-6-16(15)23/h2-3,5-6,13H,4,7-12,14H2,1H3,(H,20,25). The minimum absolute atomic E-state index is 0.0496. The summed E-state index contributed by atoms with van der Waals surface area (Å²) in [5.41, 5.74) is 3.11. The summed E-state index contributed by atoms with van der Waals surface area (Å²) in [7, 11) is 0. The molecule has 7 heteroatoms. The predicted octanol–water partition coefficient (Wildman–Crippen LogP) is 1.48. The van der Waals surface area contributed by atoms with Gasteiger partial charge >= 0.3 is 0 Å². The van der Waals surface area contributed by atoms with E-state index in [9.17, 15) is 4.79 Å². The Morgan fingerprint density at radius 1 is 1.38 bits per heavy atom. The molecule has 1 aromatic heterocycles. The van der Waals surface area contributed by atoms with E-state index in [4.69, 9.17) is 4.74 Å². The number of carbonyl (C=O) groups excluding carboxylic acids is 1. The Kier molecular flexibility index (Phi) is 4.63. The number of para-hydroxylation sites is 1. The number of benzene rings is 1. The molecule has 1 saturated heterocycles. The lowest BCUT2D eigenvalue weighted by Gasteiger charge is -2.19. The molecule has 1 N–H and O–H groups in total. The van der Waals surface area contributed by atoms with Crippen molar-refractivity contribution in [3.8, 4) is 0 Å². The molecule has 1 atom stereocenters. The second-order valence-electron chi connectivity index (χ2n) is 7.20. The molecule has 4 rings (SSSR count). The maximum Gasteiger partial charge on any atom is 0.241 e. The molecule has 1 amide bonds. The number of fused-ring (bicyclic) bond motifs is 1.